The minimum atomic E-state index is -0.648. The summed E-state index contributed by atoms with van der Waals surface area (Å²) in [6, 6.07) is 14.3. The molecular formula is C23H29ClN2O3. The van der Waals surface area contributed by atoms with Crippen LogP contribution in [-0.4, -0.2) is 35.9 Å². The third-order valence-electron chi connectivity index (χ3n) is 4.73. The predicted molar refractivity (Wildman–Crippen MR) is 116 cm³/mol. The molecule has 1 atom stereocenters. The van der Waals surface area contributed by atoms with E-state index in [1.807, 2.05) is 49.4 Å². The first-order valence-electron chi connectivity index (χ1n) is 9.86. The van der Waals surface area contributed by atoms with Gasteiger partial charge in [-0.3, -0.25) is 9.59 Å². The van der Waals surface area contributed by atoms with Gasteiger partial charge in [-0.25, -0.2) is 0 Å². The highest BCUT2D eigenvalue weighted by molar-refractivity contribution is 6.31. The Hall–Kier alpha value is -2.53. The topological polar surface area (TPSA) is 58.6 Å². The molecule has 0 bridgehead atoms. The third kappa shape index (κ3) is 6.50. The summed E-state index contributed by atoms with van der Waals surface area (Å²) in [5.74, 6) is 0.548. The highest BCUT2D eigenvalue weighted by atomic mass is 35.5. The van der Waals surface area contributed by atoms with Gasteiger partial charge < -0.3 is 15.0 Å². The summed E-state index contributed by atoms with van der Waals surface area (Å²) in [5, 5.41) is 3.32. The lowest BCUT2D eigenvalue weighted by atomic mass is 10.0. The molecule has 0 aliphatic carbocycles. The van der Waals surface area contributed by atoms with Crippen LogP contribution in [0.1, 0.15) is 44.7 Å². The maximum absolute atomic E-state index is 12.9. The number of amides is 2. The maximum atomic E-state index is 12.9. The van der Waals surface area contributed by atoms with Crippen molar-refractivity contribution in [3.8, 4) is 5.75 Å². The van der Waals surface area contributed by atoms with Crippen LogP contribution >= 0.6 is 11.6 Å². The SMILES string of the molecule is CCNC(=O)[C@H](C)N(Cc1ccccc1Cl)C(=O)COc1ccc(C(C)C)cc1. The number of nitrogens with one attached hydrogen (secondary N) is 1. The van der Waals surface area contributed by atoms with E-state index in [4.69, 9.17) is 16.3 Å². The van der Waals surface area contributed by atoms with Crippen LogP contribution in [-0.2, 0) is 16.1 Å². The van der Waals surface area contributed by atoms with Crippen molar-refractivity contribution in [2.75, 3.05) is 13.2 Å². The Bertz CT molecular complexity index is 821. The molecule has 29 heavy (non-hydrogen) atoms. The van der Waals surface area contributed by atoms with Crippen molar-refractivity contribution in [2.24, 2.45) is 0 Å². The number of likely N-dealkylation sites (N-methyl/N-ethyl adjacent to an activating group) is 1. The van der Waals surface area contributed by atoms with E-state index in [0.29, 0.717) is 23.2 Å². The van der Waals surface area contributed by atoms with Gasteiger partial charge in [0.1, 0.15) is 11.8 Å². The van der Waals surface area contributed by atoms with E-state index in [1.165, 1.54) is 10.5 Å². The molecular weight excluding hydrogens is 388 g/mol. The fraction of sp³-hybridized carbons (Fsp3) is 0.391. The van der Waals surface area contributed by atoms with Gasteiger partial charge in [-0.1, -0.05) is 55.8 Å². The Morgan fingerprint density at radius 1 is 1.07 bits per heavy atom. The molecule has 0 fully saturated rings. The molecule has 6 heteroatoms. The van der Waals surface area contributed by atoms with E-state index in [-0.39, 0.29) is 25.0 Å². The number of ether oxygens (including phenoxy) is 1. The van der Waals surface area contributed by atoms with Crippen molar-refractivity contribution in [1.82, 2.24) is 10.2 Å². The average Bonchev–Trinajstić information content (AvgIpc) is 2.71. The summed E-state index contributed by atoms with van der Waals surface area (Å²) in [6.45, 7) is 8.35. The standard InChI is InChI=1S/C23H29ClN2O3/c1-5-25-23(28)17(4)26(14-19-8-6-7-9-21(19)24)22(27)15-29-20-12-10-18(11-13-20)16(2)3/h6-13,16-17H,5,14-15H2,1-4H3,(H,25,28)/t17-/m0/s1. The molecule has 0 aliphatic rings. The van der Waals surface area contributed by atoms with Gasteiger partial charge >= 0.3 is 0 Å². The zero-order valence-electron chi connectivity index (χ0n) is 17.4. The molecule has 5 nitrogen and oxygen atoms in total. The van der Waals surface area contributed by atoms with Crippen molar-refractivity contribution < 1.29 is 14.3 Å². The Morgan fingerprint density at radius 2 is 1.72 bits per heavy atom. The number of hydrogen-bond acceptors (Lipinski definition) is 3. The molecule has 156 valence electrons. The third-order valence-corrected chi connectivity index (χ3v) is 5.09. The van der Waals surface area contributed by atoms with E-state index < -0.39 is 6.04 Å². The van der Waals surface area contributed by atoms with E-state index in [0.717, 1.165) is 5.56 Å². The molecule has 0 saturated heterocycles. The van der Waals surface area contributed by atoms with Gasteiger partial charge in [-0.2, -0.15) is 0 Å². The molecule has 2 aromatic carbocycles. The van der Waals surface area contributed by atoms with Gasteiger partial charge in [0.15, 0.2) is 6.61 Å². The molecule has 2 rings (SSSR count). The molecule has 0 saturated carbocycles. The Balaban J connectivity index is 2.12. The van der Waals surface area contributed by atoms with Crippen molar-refractivity contribution in [3.63, 3.8) is 0 Å². The normalized spacial score (nSPS) is 11.8. The first kappa shape index (κ1) is 22.8. The number of hydrogen-bond donors (Lipinski definition) is 1. The summed E-state index contributed by atoms with van der Waals surface area (Å²) in [7, 11) is 0. The summed E-state index contributed by atoms with van der Waals surface area (Å²) >= 11 is 6.26. The van der Waals surface area contributed by atoms with Crippen LogP contribution in [0.25, 0.3) is 0 Å². The predicted octanol–water partition coefficient (Wildman–Crippen LogP) is 4.40. The smallest absolute Gasteiger partial charge is 0.261 e. The molecule has 2 aromatic rings. The summed E-state index contributed by atoms with van der Waals surface area (Å²) in [6.07, 6.45) is 0. The van der Waals surface area contributed by atoms with E-state index in [9.17, 15) is 9.59 Å². The van der Waals surface area contributed by atoms with Gasteiger partial charge in [0, 0.05) is 18.1 Å². The van der Waals surface area contributed by atoms with E-state index in [2.05, 4.69) is 19.2 Å². The second-order valence-corrected chi connectivity index (χ2v) is 7.60. The Labute approximate surface area is 178 Å². The van der Waals surface area contributed by atoms with Crippen LogP contribution < -0.4 is 10.1 Å². The first-order valence-corrected chi connectivity index (χ1v) is 10.2. The van der Waals surface area contributed by atoms with Crippen molar-refractivity contribution in [3.05, 3.63) is 64.7 Å². The van der Waals surface area contributed by atoms with Gasteiger partial charge in [0.2, 0.25) is 5.91 Å². The number of carbonyl (C=O) groups is 2. The number of benzene rings is 2. The molecule has 0 spiro atoms. The summed E-state index contributed by atoms with van der Waals surface area (Å²) in [4.78, 5) is 26.8. The van der Waals surface area contributed by atoms with Crippen LogP contribution in [0.5, 0.6) is 5.75 Å². The van der Waals surface area contributed by atoms with Crippen LogP contribution in [0, 0.1) is 0 Å². The highest BCUT2D eigenvalue weighted by Gasteiger charge is 2.26. The first-order chi connectivity index (χ1) is 13.8. The summed E-state index contributed by atoms with van der Waals surface area (Å²) in [5.41, 5.74) is 1.98. The van der Waals surface area contributed by atoms with Crippen LogP contribution in [0.15, 0.2) is 48.5 Å². The van der Waals surface area contributed by atoms with Gasteiger partial charge in [0.25, 0.3) is 5.91 Å². The van der Waals surface area contributed by atoms with Crippen LogP contribution in [0.4, 0.5) is 0 Å². The highest BCUT2D eigenvalue weighted by Crippen LogP contribution is 2.20. The average molecular weight is 417 g/mol. The number of nitrogens with zero attached hydrogens (tertiary/aromatic N) is 1. The number of rotatable bonds is 9. The molecule has 0 radical (unpaired) electrons. The molecule has 0 unspecified atom stereocenters. The number of carbonyl (C=O) groups excluding carboxylic acids is 2. The zero-order chi connectivity index (χ0) is 21.4. The van der Waals surface area contributed by atoms with Gasteiger partial charge in [-0.05, 0) is 49.1 Å². The van der Waals surface area contributed by atoms with Gasteiger partial charge in [-0.15, -0.1) is 0 Å². The number of halogens is 1. The molecule has 0 aromatic heterocycles. The van der Waals surface area contributed by atoms with Gasteiger partial charge in [0.05, 0.1) is 0 Å². The quantitative estimate of drug-likeness (QED) is 0.659. The van der Waals surface area contributed by atoms with Crippen LogP contribution in [0.3, 0.4) is 0 Å². The van der Waals surface area contributed by atoms with Crippen LogP contribution in [0.2, 0.25) is 5.02 Å². The molecule has 2 amide bonds. The zero-order valence-corrected chi connectivity index (χ0v) is 18.2. The second-order valence-electron chi connectivity index (χ2n) is 7.20. The monoisotopic (exact) mass is 416 g/mol. The lowest BCUT2D eigenvalue weighted by Crippen LogP contribution is -2.49. The summed E-state index contributed by atoms with van der Waals surface area (Å²) < 4.78 is 5.69. The Morgan fingerprint density at radius 3 is 2.31 bits per heavy atom. The maximum Gasteiger partial charge on any atom is 0.261 e. The molecule has 0 aliphatic heterocycles. The molecule has 0 heterocycles. The van der Waals surface area contributed by atoms with E-state index >= 15 is 0 Å². The van der Waals surface area contributed by atoms with E-state index in [1.54, 1.807) is 13.0 Å². The largest absolute Gasteiger partial charge is 0.484 e. The lowest BCUT2D eigenvalue weighted by Gasteiger charge is -2.29. The van der Waals surface area contributed by atoms with Crippen molar-refractivity contribution in [2.45, 2.75) is 46.2 Å². The minimum Gasteiger partial charge on any atom is -0.484 e. The fourth-order valence-corrected chi connectivity index (χ4v) is 3.09. The Kier molecular flexibility index (Phi) is 8.52. The lowest BCUT2D eigenvalue weighted by molar-refractivity contribution is -0.142. The minimum absolute atomic E-state index is 0.158. The second kappa shape index (κ2) is 10.9. The van der Waals surface area contributed by atoms with Crippen molar-refractivity contribution >= 4 is 23.4 Å². The molecule has 1 N–H and O–H groups in total. The fourth-order valence-electron chi connectivity index (χ4n) is 2.89. The van der Waals surface area contributed by atoms with Crippen molar-refractivity contribution in [1.29, 1.82) is 0 Å².